The molecule has 2 aromatic heterocycles. The second kappa shape index (κ2) is 8.82. The van der Waals surface area contributed by atoms with E-state index in [1.165, 1.54) is 31.0 Å². The van der Waals surface area contributed by atoms with Crippen molar-refractivity contribution in [3.05, 3.63) is 42.7 Å². The van der Waals surface area contributed by atoms with Crippen molar-refractivity contribution in [1.29, 1.82) is 0 Å². The van der Waals surface area contributed by atoms with E-state index < -0.39 is 5.25 Å². The fourth-order valence-electron chi connectivity index (χ4n) is 4.46. The van der Waals surface area contributed by atoms with E-state index in [0.29, 0.717) is 22.4 Å². The Balaban J connectivity index is 1.43. The second-order valence-electron chi connectivity index (χ2n) is 8.20. The quantitative estimate of drug-likeness (QED) is 0.574. The number of carbonyl (C=O) groups is 2. The van der Waals surface area contributed by atoms with Gasteiger partial charge in [-0.3, -0.25) is 19.1 Å². The molecule has 0 bridgehead atoms. The van der Waals surface area contributed by atoms with Gasteiger partial charge in [-0.2, -0.15) is 0 Å². The number of hydrogen-bond donors (Lipinski definition) is 1. The molecule has 1 aliphatic heterocycles. The third-order valence-corrected chi connectivity index (χ3v) is 7.06. The molecule has 32 heavy (non-hydrogen) atoms. The summed E-state index contributed by atoms with van der Waals surface area (Å²) in [5.74, 6) is 1.05. The first-order valence-corrected chi connectivity index (χ1v) is 11.9. The number of para-hydroxylation sites is 2. The van der Waals surface area contributed by atoms with E-state index in [1.54, 1.807) is 17.2 Å². The summed E-state index contributed by atoms with van der Waals surface area (Å²) in [5.41, 5.74) is 1.37. The summed E-state index contributed by atoms with van der Waals surface area (Å²) in [5, 5.41) is 12.0. The molecule has 8 nitrogen and oxygen atoms in total. The summed E-state index contributed by atoms with van der Waals surface area (Å²) in [7, 11) is 0. The Kier molecular flexibility index (Phi) is 5.73. The van der Waals surface area contributed by atoms with Crippen LogP contribution in [0.2, 0.25) is 0 Å². The monoisotopic (exact) mass is 451 g/mol. The van der Waals surface area contributed by atoms with Gasteiger partial charge in [-0.15, -0.1) is 10.2 Å². The summed E-state index contributed by atoms with van der Waals surface area (Å²) in [6, 6.07) is 11.4. The first-order valence-electron chi connectivity index (χ1n) is 11.0. The van der Waals surface area contributed by atoms with Crippen LogP contribution in [-0.2, 0) is 9.59 Å². The highest BCUT2D eigenvalue weighted by atomic mass is 32.2. The summed E-state index contributed by atoms with van der Waals surface area (Å²) < 4.78 is 7.75. The number of carbonyl (C=O) groups excluding carboxylic acids is 2. The molecule has 1 fully saturated rings. The van der Waals surface area contributed by atoms with Crippen molar-refractivity contribution >= 4 is 35.0 Å². The normalized spacial score (nSPS) is 17.7. The van der Waals surface area contributed by atoms with Crippen LogP contribution in [0.25, 0.3) is 11.6 Å². The maximum absolute atomic E-state index is 13.4. The summed E-state index contributed by atoms with van der Waals surface area (Å²) in [6.45, 7) is 1.86. The summed E-state index contributed by atoms with van der Waals surface area (Å²) >= 11 is 1.38. The smallest absolute Gasteiger partial charge is 0.244 e. The van der Waals surface area contributed by atoms with Crippen molar-refractivity contribution in [2.45, 2.75) is 55.5 Å². The maximum Gasteiger partial charge on any atom is 0.244 e. The van der Waals surface area contributed by atoms with Crippen LogP contribution in [0.1, 0.15) is 45.1 Å². The summed E-state index contributed by atoms with van der Waals surface area (Å²) in [6.07, 6.45) is 7.32. The first-order chi connectivity index (χ1) is 15.6. The van der Waals surface area contributed by atoms with E-state index in [1.807, 2.05) is 37.3 Å². The van der Waals surface area contributed by atoms with Gasteiger partial charge in [-0.25, -0.2) is 0 Å². The standard InChI is InChI=1S/C23H25N5O3S/c1-15(22(30)27-14-20(29)24-17-10-5-6-11-18(17)27)32-23-26-25-21(19-12-7-13-31-19)28(23)16-8-3-2-4-9-16/h5-7,10-13,15-16H,2-4,8-9,14H2,1H3,(H,24,29). The minimum Gasteiger partial charge on any atom is -0.461 e. The third kappa shape index (κ3) is 3.92. The van der Waals surface area contributed by atoms with Crippen molar-refractivity contribution in [3.63, 3.8) is 0 Å². The lowest BCUT2D eigenvalue weighted by Crippen LogP contribution is -2.45. The molecule has 1 aromatic carbocycles. The van der Waals surface area contributed by atoms with E-state index in [9.17, 15) is 9.59 Å². The molecular formula is C23H25N5O3S. The van der Waals surface area contributed by atoms with Gasteiger partial charge in [0.25, 0.3) is 0 Å². The SMILES string of the molecule is CC(Sc1nnc(-c2ccco2)n1C1CCCCC1)C(=O)N1CC(=O)Nc2ccccc21. The fourth-order valence-corrected chi connectivity index (χ4v) is 5.44. The number of nitrogens with one attached hydrogen (secondary N) is 1. The van der Waals surface area contributed by atoms with Gasteiger partial charge in [0, 0.05) is 6.04 Å². The van der Waals surface area contributed by atoms with E-state index in [2.05, 4.69) is 20.1 Å². The Bertz CT molecular complexity index is 1120. The molecule has 1 atom stereocenters. The molecule has 166 valence electrons. The molecule has 0 spiro atoms. The highest BCUT2D eigenvalue weighted by Crippen LogP contribution is 2.38. The lowest BCUT2D eigenvalue weighted by atomic mass is 9.95. The molecule has 3 aromatic rings. The highest BCUT2D eigenvalue weighted by molar-refractivity contribution is 8.00. The number of anilines is 2. The molecule has 2 aliphatic rings. The molecule has 0 saturated heterocycles. The minimum atomic E-state index is -0.440. The van der Waals surface area contributed by atoms with E-state index in [0.717, 1.165) is 18.5 Å². The van der Waals surface area contributed by atoms with E-state index in [4.69, 9.17) is 4.42 Å². The molecule has 3 heterocycles. The lowest BCUT2D eigenvalue weighted by Gasteiger charge is -2.31. The average molecular weight is 452 g/mol. The predicted molar refractivity (Wildman–Crippen MR) is 123 cm³/mol. The third-order valence-electron chi connectivity index (χ3n) is 6.01. The number of amides is 2. The fraction of sp³-hybridized carbons (Fsp3) is 0.391. The molecule has 9 heteroatoms. The van der Waals surface area contributed by atoms with Gasteiger partial charge in [0.05, 0.1) is 22.9 Å². The average Bonchev–Trinajstić information content (AvgIpc) is 3.48. The molecular weight excluding hydrogens is 426 g/mol. The zero-order chi connectivity index (χ0) is 22.1. The number of nitrogens with zero attached hydrogens (tertiary/aromatic N) is 4. The van der Waals surface area contributed by atoms with Crippen molar-refractivity contribution in [1.82, 2.24) is 14.8 Å². The number of hydrogen-bond acceptors (Lipinski definition) is 6. The zero-order valence-electron chi connectivity index (χ0n) is 17.9. The van der Waals surface area contributed by atoms with Crippen molar-refractivity contribution in [3.8, 4) is 11.6 Å². The van der Waals surface area contributed by atoms with Crippen LogP contribution >= 0.6 is 11.8 Å². The molecule has 1 unspecified atom stereocenters. The van der Waals surface area contributed by atoms with Crippen LogP contribution in [0.5, 0.6) is 0 Å². The minimum absolute atomic E-state index is 0.00765. The summed E-state index contributed by atoms with van der Waals surface area (Å²) in [4.78, 5) is 27.1. The van der Waals surface area contributed by atoms with Crippen LogP contribution in [-0.4, -0.2) is 38.4 Å². The van der Waals surface area contributed by atoms with Crippen LogP contribution in [0.15, 0.2) is 52.2 Å². The largest absolute Gasteiger partial charge is 0.461 e. The molecule has 5 rings (SSSR count). The van der Waals surface area contributed by atoms with Gasteiger partial charge < -0.3 is 9.73 Å². The number of benzene rings is 1. The Hall–Kier alpha value is -3.07. The number of aromatic nitrogens is 3. The Morgan fingerprint density at radius 3 is 2.75 bits per heavy atom. The van der Waals surface area contributed by atoms with Crippen LogP contribution in [0.3, 0.4) is 0 Å². The van der Waals surface area contributed by atoms with Crippen LogP contribution in [0.4, 0.5) is 11.4 Å². The number of thioether (sulfide) groups is 1. The van der Waals surface area contributed by atoms with Gasteiger partial charge in [-0.05, 0) is 44.0 Å². The second-order valence-corrected chi connectivity index (χ2v) is 9.50. The molecule has 1 saturated carbocycles. The van der Waals surface area contributed by atoms with Crippen LogP contribution < -0.4 is 10.2 Å². The Morgan fingerprint density at radius 2 is 1.97 bits per heavy atom. The number of furan rings is 1. The van der Waals surface area contributed by atoms with Crippen molar-refractivity contribution in [2.24, 2.45) is 0 Å². The number of rotatable bonds is 5. The van der Waals surface area contributed by atoms with E-state index >= 15 is 0 Å². The zero-order valence-corrected chi connectivity index (χ0v) is 18.7. The van der Waals surface area contributed by atoms with Crippen molar-refractivity contribution in [2.75, 3.05) is 16.8 Å². The van der Waals surface area contributed by atoms with Gasteiger partial charge in [0.15, 0.2) is 10.9 Å². The van der Waals surface area contributed by atoms with Gasteiger partial charge >= 0.3 is 0 Å². The van der Waals surface area contributed by atoms with Gasteiger partial charge in [0.2, 0.25) is 17.6 Å². The maximum atomic E-state index is 13.4. The molecule has 2 amide bonds. The Morgan fingerprint density at radius 1 is 1.16 bits per heavy atom. The van der Waals surface area contributed by atoms with Gasteiger partial charge in [0.1, 0.15) is 6.54 Å². The molecule has 0 radical (unpaired) electrons. The topological polar surface area (TPSA) is 93.3 Å². The number of fused-ring (bicyclic) bond motifs is 1. The molecule has 1 N–H and O–H groups in total. The Labute approximate surface area is 190 Å². The highest BCUT2D eigenvalue weighted by Gasteiger charge is 2.32. The first kappa shape index (κ1) is 20.8. The van der Waals surface area contributed by atoms with E-state index in [-0.39, 0.29) is 24.4 Å². The van der Waals surface area contributed by atoms with Crippen LogP contribution in [0, 0.1) is 0 Å². The lowest BCUT2D eigenvalue weighted by molar-refractivity contribution is -0.121. The van der Waals surface area contributed by atoms with Gasteiger partial charge in [-0.1, -0.05) is 43.2 Å². The predicted octanol–water partition coefficient (Wildman–Crippen LogP) is 4.51. The molecule has 1 aliphatic carbocycles. The van der Waals surface area contributed by atoms with Crippen molar-refractivity contribution < 1.29 is 14.0 Å².